The van der Waals surface area contributed by atoms with Crippen LogP contribution in [0.15, 0.2) is 25.9 Å². The standard InChI is InChI=1S/C13H15BrN2O3/c1-15-8-11(14)12-10(13(15)17)6-9(19-12)7-16-2-4-18-5-3-16/h6,8H,2-5,7H2,1H3. The molecule has 2 aromatic rings. The van der Waals surface area contributed by atoms with Gasteiger partial charge in [-0.15, -0.1) is 0 Å². The van der Waals surface area contributed by atoms with Crippen LogP contribution >= 0.6 is 15.9 Å². The van der Waals surface area contributed by atoms with E-state index in [1.807, 2.05) is 6.07 Å². The molecule has 0 unspecified atom stereocenters. The van der Waals surface area contributed by atoms with Gasteiger partial charge in [0.2, 0.25) is 0 Å². The normalized spacial score (nSPS) is 17.2. The van der Waals surface area contributed by atoms with Gasteiger partial charge in [0.05, 0.1) is 29.6 Å². The first-order chi connectivity index (χ1) is 9.15. The molecule has 0 saturated carbocycles. The second kappa shape index (κ2) is 5.11. The van der Waals surface area contributed by atoms with E-state index < -0.39 is 0 Å². The number of rotatable bonds is 2. The number of furan rings is 1. The molecule has 0 amide bonds. The van der Waals surface area contributed by atoms with Crippen LogP contribution in [-0.4, -0.2) is 35.8 Å². The SMILES string of the molecule is Cn1cc(Br)c2oc(CN3CCOCC3)cc2c1=O. The highest BCUT2D eigenvalue weighted by atomic mass is 79.9. The zero-order valence-corrected chi connectivity index (χ0v) is 12.3. The Bertz CT molecular complexity index is 656. The second-order valence-electron chi connectivity index (χ2n) is 4.74. The molecule has 0 bridgehead atoms. The third kappa shape index (κ3) is 2.48. The van der Waals surface area contributed by atoms with Gasteiger partial charge in [-0.05, 0) is 22.0 Å². The summed E-state index contributed by atoms with van der Waals surface area (Å²) in [4.78, 5) is 14.3. The highest BCUT2D eigenvalue weighted by Crippen LogP contribution is 2.25. The van der Waals surface area contributed by atoms with Crippen molar-refractivity contribution >= 4 is 26.9 Å². The smallest absolute Gasteiger partial charge is 0.261 e. The average molecular weight is 327 g/mol. The van der Waals surface area contributed by atoms with Crippen molar-refractivity contribution in [1.29, 1.82) is 0 Å². The van der Waals surface area contributed by atoms with E-state index in [2.05, 4.69) is 20.8 Å². The molecule has 0 radical (unpaired) electrons. The molecule has 1 aliphatic heterocycles. The molecular formula is C13H15BrN2O3. The highest BCUT2D eigenvalue weighted by Gasteiger charge is 2.16. The van der Waals surface area contributed by atoms with Gasteiger partial charge in [0.25, 0.3) is 5.56 Å². The Kier molecular flexibility index (Phi) is 3.47. The van der Waals surface area contributed by atoms with Crippen molar-refractivity contribution in [3.05, 3.63) is 32.8 Å². The molecule has 3 heterocycles. The van der Waals surface area contributed by atoms with Gasteiger partial charge in [-0.3, -0.25) is 9.69 Å². The fourth-order valence-electron chi connectivity index (χ4n) is 2.31. The molecule has 0 N–H and O–H groups in total. The summed E-state index contributed by atoms with van der Waals surface area (Å²) in [6.07, 6.45) is 1.73. The lowest BCUT2D eigenvalue weighted by Crippen LogP contribution is -2.35. The van der Waals surface area contributed by atoms with Crippen molar-refractivity contribution in [3.8, 4) is 0 Å². The molecule has 0 atom stereocenters. The van der Waals surface area contributed by atoms with Gasteiger partial charge in [-0.2, -0.15) is 0 Å². The van der Waals surface area contributed by atoms with E-state index in [9.17, 15) is 4.79 Å². The van der Waals surface area contributed by atoms with Crippen LogP contribution in [0, 0.1) is 0 Å². The number of fused-ring (bicyclic) bond motifs is 1. The van der Waals surface area contributed by atoms with Crippen LogP contribution in [0.2, 0.25) is 0 Å². The summed E-state index contributed by atoms with van der Waals surface area (Å²) in [6.45, 7) is 4.03. The molecule has 0 aromatic carbocycles. The molecule has 0 spiro atoms. The van der Waals surface area contributed by atoms with Crippen molar-refractivity contribution in [3.63, 3.8) is 0 Å². The van der Waals surface area contributed by atoms with Gasteiger partial charge in [0.15, 0.2) is 5.58 Å². The molecule has 5 nitrogen and oxygen atoms in total. The van der Waals surface area contributed by atoms with E-state index >= 15 is 0 Å². The zero-order valence-electron chi connectivity index (χ0n) is 10.7. The quantitative estimate of drug-likeness (QED) is 0.843. The van der Waals surface area contributed by atoms with Gasteiger partial charge >= 0.3 is 0 Å². The summed E-state index contributed by atoms with van der Waals surface area (Å²) in [5.41, 5.74) is 0.599. The summed E-state index contributed by atoms with van der Waals surface area (Å²) in [5, 5.41) is 0.625. The maximum absolute atomic E-state index is 12.0. The van der Waals surface area contributed by atoms with Gasteiger partial charge < -0.3 is 13.7 Å². The fraction of sp³-hybridized carbons (Fsp3) is 0.462. The first-order valence-corrected chi connectivity index (χ1v) is 7.02. The average Bonchev–Trinajstić information content (AvgIpc) is 2.82. The van der Waals surface area contributed by atoms with E-state index in [0.717, 1.165) is 36.5 Å². The van der Waals surface area contributed by atoms with Crippen LogP contribution in [0.1, 0.15) is 5.76 Å². The molecule has 19 heavy (non-hydrogen) atoms. The van der Waals surface area contributed by atoms with Crippen LogP contribution in [0.4, 0.5) is 0 Å². The Morgan fingerprint density at radius 1 is 1.37 bits per heavy atom. The highest BCUT2D eigenvalue weighted by molar-refractivity contribution is 9.10. The van der Waals surface area contributed by atoms with Crippen LogP contribution in [0.5, 0.6) is 0 Å². The molecule has 1 saturated heterocycles. The predicted molar refractivity (Wildman–Crippen MR) is 75.3 cm³/mol. The van der Waals surface area contributed by atoms with Gasteiger partial charge in [-0.1, -0.05) is 0 Å². The summed E-state index contributed by atoms with van der Waals surface area (Å²) in [6, 6.07) is 1.85. The topological polar surface area (TPSA) is 47.6 Å². The monoisotopic (exact) mass is 326 g/mol. The van der Waals surface area contributed by atoms with Crippen LogP contribution in [0.3, 0.4) is 0 Å². The van der Waals surface area contributed by atoms with E-state index in [4.69, 9.17) is 9.15 Å². The maximum atomic E-state index is 12.0. The van der Waals surface area contributed by atoms with E-state index in [1.165, 1.54) is 0 Å². The van der Waals surface area contributed by atoms with Crippen molar-refractivity contribution in [2.75, 3.05) is 26.3 Å². The van der Waals surface area contributed by atoms with E-state index in [1.54, 1.807) is 17.8 Å². The van der Waals surface area contributed by atoms with E-state index in [0.29, 0.717) is 17.5 Å². The number of ether oxygens (including phenoxy) is 1. The Morgan fingerprint density at radius 2 is 2.11 bits per heavy atom. The number of hydrogen-bond donors (Lipinski definition) is 0. The number of nitrogens with zero attached hydrogens (tertiary/aromatic N) is 2. The van der Waals surface area contributed by atoms with Crippen molar-refractivity contribution in [2.24, 2.45) is 7.05 Å². The largest absolute Gasteiger partial charge is 0.458 e. The number of pyridine rings is 1. The minimum atomic E-state index is -0.0322. The Balaban J connectivity index is 1.95. The number of aryl methyl sites for hydroxylation is 1. The molecule has 2 aromatic heterocycles. The summed E-state index contributed by atoms with van der Waals surface area (Å²) >= 11 is 3.43. The van der Waals surface area contributed by atoms with Crippen molar-refractivity contribution in [1.82, 2.24) is 9.47 Å². The lowest BCUT2D eigenvalue weighted by molar-refractivity contribution is 0.0315. The van der Waals surface area contributed by atoms with Gasteiger partial charge in [0, 0.05) is 26.3 Å². The second-order valence-corrected chi connectivity index (χ2v) is 5.59. The van der Waals surface area contributed by atoms with Crippen LogP contribution in [-0.2, 0) is 18.3 Å². The fourth-order valence-corrected chi connectivity index (χ4v) is 2.91. The summed E-state index contributed by atoms with van der Waals surface area (Å²) in [7, 11) is 1.74. The number of halogens is 1. The van der Waals surface area contributed by atoms with Crippen LogP contribution < -0.4 is 5.56 Å². The summed E-state index contributed by atoms with van der Waals surface area (Å²) in [5.74, 6) is 0.820. The van der Waals surface area contributed by atoms with Gasteiger partial charge in [0.1, 0.15) is 5.76 Å². The Morgan fingerprint density at radius 3 is 2.84 bits per heavy atom. The minimum absolute atomic E-state index is 0.0322. The zero-order chi connectivity index (χ0) is 13.4. The van der Waals surface area contributed by atoms with Crippen molar-refractivity contribution in [2.45, 2.75) is 6.54 Å². The number of hydrogen-bond acceptors (Lipinski definition) is 4. The van der Waals surface area contributed by atoms with Gasteiger partial charge in [-0.25, -0.2) is 0 Å². The third-order valence-electron chi connectivity index (χ3n) is 3.34. The molecule has 6 heteroatoms. The molecular weight excluding hydrogens is 312 g/mol. The molecule has 102 valence electrons. The molecule has 3 rings (SSSR count). The third-order valence-corrected chi connectivity index (χ3v) is 3.91. The predicted octanol–water partition coefficient (Wildman–Crippen LogP) is 1.73. The maximum Gasteiger partial charge on any atom is 0.261 e. The summed E-state index contributed by atoms with van der Waals surface area (Å²) < 4.78 is 13.5. The lowest BCUT2D eigenvalue weighted by atomic mass is 10.3. The molecule has 1 fully saturated rings. The Hall–Kier alpha value is -1.11. The minimum Gasteiger partial charge on any atom is -0.458 e. The Labute approximate surface area is 118 Å². The number of aromatic nitrogens is 1. The first-order valence-electron chi connectivity index (χ1n) is 6.23. The lowest BCUT2D eigenvalue weighted by Gasteiger charge is -2.25. The van der Waals surface area contributed by atoms with Crippen molar-refractivity contribution < 1.29 is 9.15 Å². The number of morpholine rings is 1. The first kappa shape index (κ1) is 12.9. The van der Waals surface area contributed by atoms with E-state index in [-0.39, 0.29) is 5.56 Å². The molecule has 1 aliphatic rings. The molecule has 0 aliphatic carbocycles. The van der Waals surface area contributed by atoms with Crippen LogP contribution in [0.25, 0.3) is 11.0 Å².